The molecule has 2 aromatic heterocycles. The number of hydrogen-bond donors (Lipinski definition) is 0. The zero-order valence-corrected chi connectivity index (χ0v) is 33.1. The minimum absolute atomic E-state index is 0.246. The molecule has 0 unspecified atom stereocenters. The smallest absolute Gasteiger partial charge is 0.125 e. The Bertz CT molecular complexity index is 3280. The van der Waals surface area contributed by atoms with Gasteiger partial charge in [-0.2, -0.15) is 0 Å². The Morgan fingerprint density at radius 1 is 0.424 bits per heavy atom. The Morgan fingerprint density at radius 3 is 1.83 bits per heavy atom. The predicted octanol–water partition coefficient (Wildman–Crippen LogP) is 16.1. The lowest BCUT2D eigenvalue weighted by Gasteiger charge is -2.26. The summed E-state index contributed by atoms with van der Waals surface area (Å²) >= 11 is 1.86. The van der Waals surface area contributed by atoms with E-state index in [1.54, 1.807) is 12.1 Å². The lowest BCUT2D eigenvalue weighted by atomic mass is 10.0. The summed E-state index contributed by atoms with van der Waals surface area (Å²) in [6.45, 7) is 2.10. The first kappa shape index (κ1) is 34.9. The molecule has 4 heteroatoms. The molecule has 0 bridgehead atoms. The Labute approximate surface area is 346 Å². The fourth-order valence-corrected chi connectivity index (χ4v) is 9.91. The van der Waals surface area contributed by atoms with Crippen LogP contribution < -0.4 is 4.90 Å². The van der Waals surface area contributed by atoms with Crippen molar-refractivity contribution in [2.45, 2.75) is 6.92 Å². The highest BCUT2D eigenvalue weighted by molar-refractivity contribution is 7.26. The molecule has 0 spiro atoms. The van der Waals surface area contributed by atoms with E-state index in [9.17, 15) is 4.39 Å². The van der Waals surface area contributed by atoms with Crippen molar-refractivity contribution in [2.24, 2.45) is 0 Å². The van der Waals surface area contributed by atoms with Crippen molar-refractivity contribution in [1.29, 1.82) is 0 Å². The van der Waals surface area contributed by atoms with Gasteiger partial charge in [-0.3, -0.25) is 0 Å². The van der Waals surface area contributed by atoms with Crippen LogP contribution in [-0.4, -0.2) is 4.57 Å². The highest BCUT2D eigenvalue weighted by atomic mass is 32.1. The molecular weight excluding hydrogens is 740 g/mol. The molecule has 0 saturated heterocycles. The van der Waals surface area contributed by atoms with E-state index >= 15 is 0 Å². The zero-order valence-electron chi connectivity index (χ0n) is 32.3. The van der Waals surface area contributed by atoms with E-state index in [4.69, 9.17) is 0 Å². The summed E-state index contributed by atoms with van der Waals surface area (Å²) in [6, 6.07) is 72.5. The first-order chi connectivity index (χ1) is 29.1. The van der Waals surface area contributed by atoms with Gasteiger partial charge in [0.2, 0.25) is 0 Å². The molecule has 0 atom stereocenters. The summed E-state index contributed by atoms with van der Waals surface area (Å²) < 4.78 is 19.6. The van der Waals surface area contributed by atoms with Crippen LogP contribution in [0.25, 0.3) is 81.0 Å². The molecule has 0 amide bonds. The van der Waals surface area contributed by atoms with Gasteiger partial charge in [-0.25, -0.2) is 4.39 Å². The maximum absolute atomic E-state index is 14.8. The average molecular weight is 777 g/mol. The van der Waals surface area contributed by atoms with Gasteiger partial charge in [0, 0.05) is 53.7 Å². The first-order valence-electron chi connectivity index (χ1n) is 19.9. The Morgan fingerprint density at radius 2 is 1.03 bits per heavy atom. The summed E-state index contributed by atoms with van der Waals surface area (Å²) in [5, 5.41) is 4.75. The average Bonchev–Trinajstić information content (AvgIpc) is 3.82. The molecular formula is C55H37FN2S. The van der Waals surface area contributed by atoms with Gasteiger partial charge in [0.05, 0.1) is 11.0 Å². The molecule has 9 aromatic carbocycles. The topological polar surface area (TPSA) is 8.17 Å². The quantitative estimate of drug-likeness (QED) is 0.156. The normalized spacial score (nSPS) is 11.6. The summed E-state index contributed by atoms with van der Waals surface area (Å²) in [7, 11) is 0. The second-order valence-electron chi connectivity index (χ2n) is 15.2. The van der Waals surface area contributed by atoms with Crippen molar-refractivity contribution in [3.63, 3.8) is 0 Å². The zero-order chi connectivity index (χ0) is 39.5. The van der Waals surface area contributed by atoms with Gasteiger partial charge in [0.1, 0.15) is 5.82 Å². The summed E-state index contributed by atoms with van der Waals surface area (Å²) in [5.74, 6) is -0.246. The molecule has 11 aromatic rings. The van der Waals surface area contributed by atoms with Crippen LogP contribution in [0.3, 0.4) is 0 Å². The summed E-state index contributed by atoms with van der Waals surface area (Å²) in [5.41, 5.74) is 14.2. The van der Waals surface area contributed by atoms with Gasteiger partial charge in [0.25, 0.3) is 0 Å². The van der Waals surface area contributed by atoms with Crippen LogP contribution in [0.4, 0.5) is 21.5 Å². The standard InChI is InChI=1S/C55H37FN2S/c1-36-20-30-48-49-31-25-42(56)35-53(49)58(52(48)32-36)46-15-8-13-41(34-46)40-12-7-14-45(33-40)57(43-26-21-38(22-27-43)37-10-3-2-4-11-37)44-28-23-39(24-29-44)47-17-9-18-51-50-16-5-6-19-54(50)59-55(47)51/h2-35H,1H3. The molecule has 2 nitrogen and oxygen atoms in total. The number of nitrogens with zero attached hydrogens (tertiary/aromatic N) is 2. The third-order valence-corrected chi connectivity index (χ3v) is 12.7. The van der Waals surface area contributed by atoms with Gasteiger partial charge in [0.15, 0.2) is 0 Å². The van der Waals surface area contributed by atoms with E-state index in [-0.39, 0.29) is 5.82 Å². The third-order valence-electron chi connectivity index (χ3n) is 11.5. The fourth-order valence-electron chi connectivity index (χ4n) is 8.67. The van der Waals surface area contributed by atoms with Gasteiger partial charge in [-0.05, 0) is 125 Å². The maximum Gasteiger partial charge on any atom is 0.125 e. The van der Waals surface area contributed by atoms with E-state index < -0.39 is 0 Å². The molecule has 2 heterocycles. The number of aromatic nitrogens is 1. The van der Waals surface area contributed by atoms with Crippen LogP contribution in [0, 0.1) is 12.7 Å². The second-order valence-corrected chi connectivity index (χ2v) is 16.2. The van der Waals surface area contributed by atoms with Crippen molar-refractivity contribution in [2.75, 3.05) is 4.90 Å². The number of aryl methyl sites for hydroxylation is 1. The number of anilines is 3. The molecule has 59 heavy (non-hydrogen) atoms. The van der Waals surface area contributed by atoms with E-state index in [0.29, 0.717) is 0 Å². The Hall–Kier alpha value is -7.27. The Kier molecular flexibility index (Phi) is 8.46. The van der Waals surface area contributed by atoms with Crippen molar-refractivity contribution >= 4 is 70.4 Å². The van der Waals surface area contributed by atoms with E-state index in [2.05, 4.69) is 204 Å². The van der Waals surface area contributed by atoms with E-state index in [0.717, 1.165) is 61.2 Å². The SMILES string of the molecule is Cc1ccc2c3ccc(F)cc3n(-c3cccc(-c4cccc(N(c5ccc(-c6ccccc6)cc5)c5ccc(-c6cccc7c6sc6ccccc67)cc5)c4)c3)c2c1. The maximum atomic E-state index is 14.8. The van der Waals surface area contributed by atoms with Crippen molar-refractivity contribution in [3.05, 3.63) is 218 Å². The van der Waals surface area contributed by atoms with Crippen molar-refractivity contribution < 1.29 is 4.39 Å². The molecule has 0 N–H and O–H groups in total. The van der Waals surface area contributed by atoms with Crippen LogP contribution in [0.1, 0.15) is 5.56 Å². The minimum Gasteiger partial charge on any atom is -0.310 e. The number of thiophene rings is 1. The second kappa shape index (κ2) is 14.3. The Balaban J connectivity index is 1.02. The highest BCUT2D eigenvalue weighted by Gasteiger charge is 2.18. The van der Waals surface area contributed by atoms with Gasteiger partial charge < -0.3 is 9.47 Å². The largest absolute Gasteiger partial charge is 0.310 e. The number of fused-ring (bicyclic) bond motifs is 6. The van der Waals surface area contributed by atoms with Crippen LogP contribution in [0.5, 0.6) is 0 Å². The lowest BCUT2D eigenvalue weighted by Crippen LogP contribution is -2.10. The molecule has 11 rings (SSSR count). The van der Waals surface area contributed by atoms with Gasteiger partial charge >= 0.3 is 0 Å². The molecule has 0 saturated carbocycles. The molecule has 0 aliphatic carbocycles. The van der Waals surface area contributed by atoms with Crippen molar-refractivity contribution in [3.8, 4) is 39.1 Å². The lowest BCUT2D eigenvalue weighted by molar-refractivity contribution is 0.629. The predicted molar refractivity (Wildman–Crippen MR) is 249 cm³/mol. The van der Waals surface area contributed by atoms with E-state index in [1.807, 2.05) is 17.4 Å². The van der Waals surface area contributed by atoms with Crippen LogP contribution in [0.15, 0.2) is 206 Å². The fraction of sp³-hybridized carbons (Fsp3) is 0.0182. The van der Waals surface area contributed by atoms with Gasteiger partial charge in [-0.15, -0.1) is 11.3 Å². The van der Waals surface area contributed by atoms with Crippen LogP contribution in [0.2, 0.25) is 0 Å². The van der Waals surface area contributed by atoms with Crippen molar-refractivity contribution in [1.82, 2.24) is 4.57 Å². The van der Waals surface area contributed by atoms with Crippen LogP contribution in [-0.2, 0) is 0 Å². The number of hydrogen-bond acceptors (Lipinski definition) is 2. The third kappa shape index (κ3) is 6.17. The minimum atomic E-state index is -0.246. The first-order valence-corrected chi connectivity index (χ1v) is 20.7. The number of rotatable bonds is 7. The number of benzene rings is 9. The number of halogens is 1. The summed E-state index contributed by atoms with van der Waals surface area (Å²) in [6.07, 6.45) is 0. The van der Waals surface area contributed by atoms with Crippen LogP contribution >= 0.6 is 11.3 Å². The molecule has 0 radical (unpaired) electrons. The highest BCUT2D eigenvalue weighted by Crippen LogP contribution is 2.43. The van der Waals surface area contributed by atoms with E-state index in [1.165, 1.54) is 42.4 Å². The monoisotopic (exact) mass is 776 g/mol. The molecule has 0 aliphatic rings. The molecule has 0 aliphatic heterocycles. The van der Waals surface area contributed by atoms with Gasteiger partial charge in [-0.1, -0.05) is 127 Å². The molecule has 280 valence electrons. The summed E-state index contributed by atoms with van der Waals surface area (Å²) in [4.78, 5) is 2.34. The molecule has 0 fully saturated rings.